The van der Waals surface area contributed by atoms with E-state index in [0.717, 1.165) is 21.6 Å². The van der Waals surface area contributed by atoms with Crippen molar-refractivity contribution in [1.82, 2.24) is 14.9 Å². The number of hydrogen-bond acceptors (Lipinski definition) is 3. The van der Waals surface area contributed by atoms with Gasteiger partial charge in [0.15, 0.2) is 5.11 Å². The SMILES string of the molecule is Cc1cc([C@@H]2[C@@H](c3ccccn3)NC(=S)N2c2ccc(Br)cc2)c(C)n1Cc1ccco1. The molecule has 1 aromatic carbocycles. The number of nitrogens with one attached hydrogen (secondary N) is 1. The Morgan fingerprint density at radius 2 is 1.91 bits per heavy atom. The van der Waals surface area contributed by atoms with Gasteiger partial charge in [-0.1, -0.05) is 22.0 Å². The monoisotopic (exact) mass is 506 g/mol. The van der Waals surface area contributed by atoms with Gasteiger partial charge in [0.2, 0.25) is 0 Å². The third-order valence-corrected chi connectivity index (χ3v) is 6.87. The van der Waals surface area contributed by atoms with Crippen LogP contribution in [0.15, 0.2) is 82.0 Å². The van der Waals surface area contributed by atoms with Crippen molar-refractivity contribution >= 4 is 38.9 Å². The highest BCUT2D eigenvalue weighted by atomic mass is 79.9. The van der Waals surface area contributed by atoms with E-state index in [1.807, 2.05) is 42.6 Å². The standard InChI is InChI=1S/C25H23BrN4OS/c1-16-14-21(17(2)29(16)15-20-6-5-13-31-20)24-23(22-7-3-4-12-27-22)28-25(32)30(24)19-10-8-18(26)9-11-19/h3-14,23-24H,15H2,1-2H3,(H,28,32)/t23-,24-/m1/s1. The van der Waals surface area contributed by atoms with E-state index in [4.69, 9.17) is 16.6 Å². The summed E-state index contributed by atoms with van der Waals surface area (Å²) in [5.41, 5.74) is 5.61. The number of anilines is 1. The van der Waals surface area contributed by atoms with Crippen LogP contribution in [0.25, 0.3) is 0 Å². The highest BCUT2D eigenvalue weighted by Crippen LogP contribution is 2.43. The molecule has 162 valence electrons. The first-order chi connectivity index (χ1) is 15.5. The number of aromatic nitrogens is 2. The summed E-state index contributed by atoms with van der Waals surface area (Å²) in [5.74, 6) is 0.935. The molecule has 4 aromatic rings. The Balaban J connectivity index is 1.62. The molecule has 0 saturated carbocycles. The summed E-state index contributed by atoms with van der Waals surface area (Å²) in [7, 11) is 0. The smallest absolute Gasteiger partial charge is 0.174 e. The van der Waals surface area contributed by atoms with E-state index in [2.05, 4.69) is 73.8 Å². The molecule has 0 radical (unpaired) electrons. The maximum absolute atomic E-state index is 5.84. The van der Waals surface area contributed by atoms with Crippen molar-refractivity contribution in [1.29, 1.82) is 0 Å². The van der Waals surface area contributed by atoms with Crippen LogP contribution in [0, 0.1) is 13.8 Å². The van der Waals surface area contributed by atoms with E-state index < -0.39 is 0 Å². The van der Waals surface area contributed by atoms with Crippen molar-refractivity contribution < 1.29 is 4.42 Å². The lowest BCUT2D eigenvalue weighted by Crippen LogP contribution is -2.29. The van der Waals surface area contributed by atoms with Gasteiger partial charge in [-0.15, -0.1) is 0 Å². The first-order valence-corrected chi connectivity index (χ1v) is 11.7. The number of pyridine rings is 1. The molecule has 0 amide bonds. The minimum Gasteiger partial charge on any atom is -0.467 e. The lowest BCUT2D eigenvalue weighted by atomic mass is 9.96. The number of hydrogen-bond donors (Lipinski definition) is 1. The zero-order valence-corrected chi connectivity index (χ0v) is 20.2. The summed E-state index contributed by atoms with van der Waals surface area (Å²) >= 11 is 9.38. The topological polar surface area (TPSA) is 46.2 Å². The molecule has 1 fully saturated rings. The molecule has 1 aliphatic heterocycles. The summed E-state index contributed by atoms with van der Waals surface area (Å²) < 4.78 is 8.94. The number of aryl methyl sites for hydroxylation is 1. The Labute approximate surface area is 201 Å². The normalized spacial score (nSPS) is 18.2. The Bertz CT molecular complexity index is 1240. The molecular weight excluding hydrogens is 484 g/mol. The first kappa shape index (κ1) is 21.0. The molecule has 3 aromatic heterocycles. The van der Waals surface area contributed by atoms with Gasteiger partial charge in [-0.05, 0) is 86.2 Å². The second kappa shape index (κ2) is 8.56. The van der Waals surface area contributed by atoms with Crippen molar-refractivity contribution in [3.05, 3.63) is 106 Å². The zero-order valence-electron chi connectivity index (χ0n) is 17.8. The fraction of sp³-hybridized carbons (Fsp3) is 0.200. The van der Waals surface area contributed by atoms with Gasteiger partial charge >= 0.3 is 0 Å². The van der Waals surface area contributed by atoms with E-state index in [-0.39, 0.29) is 12.1 Å². The molecule has 0 aliphatic carbocycles. The molecule has 4 heterocycles. The number of benzene rings is 1. The van der Waals surface area contributed by atoms with Crippen molar-refractivity contribution in [3.8, 4) is 0 Å². The van der Waals surface area contributed by atoms with Gasteiger partial charge in [-0.2, -0.15) is 0 Å². The summed E-state index contributed by atoms with van der Waals surface area (Å²) in [4.78, 5) is 6.86. The lowest BCUT2D eigenvalue weighted by Gasteiger charge is -2.28. The van der Waals surface area contributed by atoms with Gasteiger partial charge in [0.1, 0.15) is 5.76 Å². The fourth-order valence-electron chi connectivity index (χ4n) is 4.48. The van der Waals surface area contributed by atoms with Crippen molar-refractivity contribution in [2.24, 2.45) is 0 Å². The number of halogens is 1. The lowest BCUT2D eigenvalue weighted by molar-refractivity contribution is 0.488. The quantitative estimate of drug-likeness (QED) is 0.332. The Hall–Kier alpha value is -2.90. The van der Waals surface area contributed by atoms with Crippen LogP contribution in [-0.2, 0) is 6.54 Å². The van der Waals surface area contributed by atoms with Gasteiger partial charge < -0.3 is 19.2 Å². The maximum Gasteiger partial charge on any atom is 0.174 e. The van der Waals surface area contributed by atoms with Gasteiger partial charge in [0.25, 0.3) is 0 Å². The zero-order chi connectivity index (χ0) is 22.2. The Morgan fingerprint density at radius 3 is 2.59 bits per heavy atom. The molecular formula is C25H23BrN4OS. The van der Waals surface area contributed by atoms with E-state index in [0.29, 0.717) is 11.7 Å². The third-order valence-electron chi connectivity index (χ3n) is 6.03. The molecule has 5 rings (SSSR count). The van der Waals surface area contributed by atoms with Crippen LogP contribution in [0.2, 0.25) is 0 Å². The average Bonchev–Trinajstić information content (AvgIpc) is 3.50. The van der Waals surface area contributed by atoms with Crippen molar-refractivity contribution in [3.63, 3.8) is 0 Å². The van der Waals surface area contributed by atoms with Crippen LogP contribution >= 0.6 is 28.1 Å². The first-order valence-electron chi connectivity index (χ1n) is 10.5. The van der Waals surface area contributed by atoms with Crippen LogP contribution in [0.1, 0.15) is 40.5 Å². The summed E-state index contributed by atoms with van der Waals surface area (Å²) in [5, 5.41) is 4.24. The highest BCUT2D eigenvalue weighted by molar-refractivity contribution is 9.10. The van der Waals surface area contributed by atoms with Crippen LogP contribution < -0.4 is 10.2 Å². The van der Waals surface area contributed by atoms with Crippen LogP contribution in [0.3, 0.4) is 0 Å². The molecule has 7 heteroatoms. The van der Waals surface area contributed by atoms with E-state index in [9.17, 15) is 0 Å². The predicted octanol–water partition coefficient (Wildman–Crippen LogP) is 6.08. The van der Waals surface area contributed by atoms with Gasteiger partial charge in [0.05, 0.1) is 30.6 Å². The largest absolute Gasteiger partial charge is 0.467 e. The molecule has 0 spiro atoms. The molecule has 1 aliphatic rings. The summed E-state index contributed by atoms with van der Waals surface area (Å²) in [6.45, 7) is 5.00. The van der Waals surface area contributed by atoms with Gasteiger partial charge in [-0.3, -0.25) is 4.98 Å². The van der Waals surface area contributed by atoms with Crippen molar-refractivity contribution in [2.75, 3.05) is 4.90 Å². The third kappa shape index (κ3) is 3.76. The van der Waals surface area contributed by atoms with Crippen LogP contribution in [0.4, 0.5) is 5.69 Å². The summed E-state index contributed by atoms with van der Waals surface area (Å²) in [6.07, 6.45) is 3.55. The second-order valence-corrected chi connectivity index (χ2v) is 9.27. The van der Waals surface area contributed by atoms with E-state index in [1.165, 1.54) is 17.0 Å². The Morgan fingerprint density at radius 1 is 1.09 bits per heavy atom. The van der Waals surface area contributed by atoms with Gasteiger partial charge in [-0.25, -0.2) is 0 Å². The molecule has 0 bridgehead atoms. The minimum absolute atomic E-state index is 0.0323. The minimum atomic E-state index is -0.0649. The molecule has 2 atom stereocenters. The van der Waals surface area contributed by atoms with Gasteiger partial charge in [0, 0.05) is 27.7 Å². The van der Waals surface area contributed by atoms with E-state index in [1.54, 1.807) is 6.26 Å². The molecule has 0 unspecified atom stereocenters. The van der Waals surface area contributed by atoms with Crippen LogP contribution in [0.5, 0.6) is 0 Å². The Kier molecular flexibility index (Phi) is 5.61. The number of furan rings is 1. The van der Waals surface area contributed by atoms with Crippen LogP contribution in [-0.4, -0.2) is 14.7 Å². The number of nitrogens with zero attached hydrogens (tertiary/aromatic N) is 3. The maximum atomic E-state index is 5.84. The molecule has 5 nitrogen and oxygen atoms in total. The predicted molar refractivity (Wildman–Crippen MR) is 134 cm³/mol. The summed E-state index contributed by atoms with van der Waals surface area (Å²) in [6, 6.07) is 20.4. The molecule has 1 saturated heterocycles. The number of rotatable bonds is 5. The van der Waals surface area contributed by atoms with E-state index >= 15 is 0 Å². The second-order valence-electron chi connectivity index (χ2n) is 7.96. The fourth-order valence-corrected chi connectivity index (χ4v) is 5.09. The van der Waals surface area contributed by atoms with Crippen molar-refractivity contribution in [2.45, 2.75) is 32.5 Å². The highest BCUT2D eigenvalue weighted by Gasteiger charge is 2.42. The average molecular weight is 507 g/mol. The molecule has 32 heavy (non-hydrogen) atoms. The molecule has 1 N–H and O–H groups in total. The number of thiocarbonyl (C=S) groups is 1.